The molecule has 0 radical (unpaired) electrons. The van der Waals surface area contributed by atoms with E-state index in [1.807, 2.05) is 32.9 Å². The van der Waals surface area contributed by atoms with Crippen molar-refractivity contribution < 1.29 is 47.9 Å². The molecule has 2 aliphatic rings. The second-order valence-electron chi connectivity index (χ2n) is 12.6. The lowest BCUT2D eigenvalue weighted by molar-refractivity contribution is -0.134. The van der Waals surface area contributed by atoms with Gasteiger partial charge >= 0.3 is 5.97 Å². The molecule has 0 aromatic heterocycles. The molecule has 1 aliphatic heterocycles. The van der Waals surface area contributed by atoms with Crippen LogP contribution in [0.1, 0.15) is 60.8 Å². The molecule has 12 nitrogen and oxygen atoms in total. The molecule has 1 heterocycles. The Hall–Kier alpha value is -2.58. The Morgan fingerprint density at radius 3 is 1.73 bits per heavy atom. The van der Waals surface area contributed by atoms with Gasteiger partial charge in [0.05, 0.1) is 78.8 Å². The molecule has 48 heavy (non-hydrogen) atoms. The number of aliphatic hydroxyl groups is 1. The minimum atomic E-state index is -0.493. The number of nitrogens with two attached hydrogens (primary N) is 1. The molecular weight excluding hydrogens is 620 g/mol. The predicted octanol–water partition coefficient (Wildman–Crippen LogP) is 3.66. The summed E-state index contributed by atoms with van der Waals surface area (Å²) in [7, 11) is 1.37. The molecule has 3 N–H and O–H groups in total. The largest absolute Gasteiger partial charge is 0.511 e. The Morgan fingerprint density at radius 2 is 1.23 bits per heavy atom. The maximum atomic E-state index is 12.9. The third kappa shape index (κ3) is 14.1. The van der Waals surface area contributed by atoms with Gasteiger partial charge in [-0.1, -0.05) is 17.7 Å². The predicted molar refractivity (Wildman–Crippen MR) is 182 cm³/mol. The van der Waals surface area contributed by atoms with Crippen LogP contribution in [-0.4, -0.2) is 127 Å². The normalized spacial score (nSPS) is 19.7. The van der Waals surface area contributed by atoms with E-state index in [9.17, 15) is 14.7 Å². The first-order valence-corrected chi connectivity index (χ1v) is 17.3. The number of carbonyl (C=O) groups excluding carboxylic acids is 2. The highest BCUT2D eigenvalue weighted by molar-refractivity contribution is 6.18. The number of hydrogen-bond acceptors (Lipinski definition) is 11. The molecule has 1 aliphatic carbocycles. The van der Waals surface area contributed by atoms with Crippen molar-refractivity contribution in [2.45, 2.75) is 71.5 Å². The second-order valence-corrected chi connectivity index (χ2v) is 12.6. The van der Waals surface area contributed by atoms with Crippen LogP contribution in [0.4, 0.5) is 0 Å². The van der Waals surface area contributed by atoms with Gasteiger partial charge in [0.15, 0.2) is 0 Å². The number of benzene rings is 1. The monoisotopic (exact) mass is 678 g/mol. The molecule has 1 aromatic carbocycles. The van der Waals surface area contributed by atoms with Gasteiger partial charge in [0.1, 0.15) is 17.9 Å². The zero-order valence-electron chi connectivity index (χ0n) is 29.5. The number of aliphatic hydroxyl groups excluding tert-OH is 1. The maximum absolute atomic E-state index is 12.9. The van der Waals surface area contributed by atoms with E-state index in [0.29, 0.717) is 65.0 Å². The fourth-order valence-corrected chi connectivity index (χ4v) is 6.47. The lowest BCUT2D eigenvalue weighted by Crippen LogP contribution is -2.40. The first kappa shape index (κ1) is 39.9. The summed E-state index contributed by atoms with van der Waals surface area (Å²) < 4.78 is 38.7. The molecule has 1 saturated heterocycles. The van der Waals surface area contributed by atoms with E-state index in [1.165, 1.54) is 7.11 Å². The summed E-state index contributed by atoms with van der Waals surface area (Å²) in [5.74, 6) is -0.922. The number of amides is 1. The van der Waals surface area contributed by atoms with Crippen molar-refractivity contribution in [2.24, 2.45) is 11.7 Å². The number of piperidine rings is 1. The van der Waals surface area contributed by atoms with E-state index >= 15 is 0 Å². The van der Waals surface area contributed by atoms with Crippen molar-refractivity contribution in [3.8, 4) is 0 Å². The SMILES string of the molecule is COC(=O)/C(=C(/O)C1CCC(OC2CCN(CCOCCOCCOCCOCCOCC(N)=O)CC2)CC1)c1c(C)cc(C)cc1C. The molecule has 0 atom stereocenters. The number of hydrogen-bond donors (Lipinski definition) is 2. The molecule has 272 valence electrons. The number of esters is 1. The summed E-state index contributed by atoms with van der Waals surface area (Å²) in [6, 6.07) is 4.07. The quantitative estimate of drug-likeness (QED) is 0.0801. The maximum Gasteiger partial charge on any atom is 0.341 e. The number of rotatable bonds is 22. The number of aryl methyl sites for hydroxylation is 3. The highest BCUT2D eigenvalue weighted by Crippen LogP contribution is 2.37. The molecule has 0 spiro atoms. The van der Waals surface area contributed by atoms with Crippen LogP contribution in [0.25, 0.3) is 5.57 Å². The minimum Gasteiger partial charge on any atom is -0.511 e. The standard InChI is InChI=1S/C36H58N2O10/c1-26-23-27(2)33(28(3)24-26)34(36(41)42-4)35(40)29-5-7-30(8-6-29)48-31-9-11-38(12-10-31)13-14-43-15-16-44-17-18-45-19-20-46-21-22-47-25-32(37)39/h23-24,29-31,40H,5-22,25H2,1-4H3,(H2,37,39)/b35-34+. The zero-order valence-corrected chi connectivity index (χ0v) is 29.5. The van der Waals surface area contributed by atoms with Crippen LogP contribution in [0.2, 0.25) is 0 Å². The van der Waals surface area contributed by atoms with Crippen molar-refractivity contribution >= 4 is 17.4 Å². The first-order valence-electron chi connectivity index (χ1n) is 17.3. The van der Waals surface area contributed by atoms with Gasteiger partial charge < -0.3 is 48.9 Å². The molecule has 3 rings (SSSR count). The van der Waals surface area contributed by atoms with E-state index in [4.69, 9.17) is 38.9 Å². The molecule has 1 aromatic rings. The summed E-state index contributed by atoms with van der Waals surface area (Å²) in [5.41, 5.74) is 9.10. The number of nitrogens with zero attached hydrogens (tertiary/aromatic N) is 1. The van der Waals surface area contributed by atoms with Gasteiger partial charge in [-0.15, -0.1) is 0 Å². The fraction of sp³-hybridized carbons (Fsp3) is 0.722. The van der Waals surface area contributed by atoms with Gasteiger partial charge in [-0.3, -0.25) is 4.79 Å². The number of allylic oxidation sites excluding steroid dienone is 1. The van der Waals surface area contributed by atoms with Crippen LogP contribution < -0.4 is 5.73 Å². The van der Waals surface area contributed by atoms with Crippen LogP contribution in [0.5, 0.6) is 0 Å². The van der Waals surface area contributed by atoms with Gasteiger partial charge in [0.2, 0.25) is 5.91 Å². The Morgan fingerprint density at radius 1 is 0.750 bits per heavy atom. The summed E-state index contributed by atoms with van der Waals surface area (Å²) in [5, 5.41) is 11.4. The van der Waals surface area contributed by atoms with E-state index < -0.39 is 11.9 Å². The Labute approximate surface area is 286 Å². The van der Waals surface area contributed by atoms with Crippen molar-refractivity contribution in [2.75, 3.05) is 92.8 Å². The third-order valence-electron chi connectivity index (χ3n) is 8.84. The van der Waals surface area contributed by atoms with Crippen LogP contribution in [-0.2, 0) is 42.7 Å². The molecule has 12 heteroatoms. The van der Waals surface area contributed by atoms with Gasteiger partial charge in [-0.05, 0) is 76.0 Å². The lowest BCUT2D eigenvalue weighted by Gasteiger charge is -2.36. The topological polar surface area (TPSA) is 148 Å². The summed E-state index contributed by atoms with van der Waals surface area (Å²) in [4.78, 5) is 25.8. The van der Waals surface area contributed by atoms with Crippen LogP contribution in [0, 0.1) is 26.7 Å². The van der Waals surface area contributed by atoms with E-state index in [1.54, 1.807) is 0 Å². The van der Waals surface area contributed by atoms with Gasteiger partial charge in [-0.25, -0.2) is 4.79 Å². The fourth-order valence-electron chi connectivity index (χ4n) is 6.47. The lowest BCUT2D eigenvalue weighted by atomic mass is 9.82. The molecule has 1 saturated carbocycles. The number of likely N-dealkylation sites (tertiary alicyclic amines) is 1. The van der Waals surface area contributed by atoms with Crippen molar-refractivity contribution in [1.29, 1.82) is 0 Å². The first-order chi connectivity index (χ1) is 23.2. The Balaban J connectivity index is 1.22. The van der Waals surface area contributed by atoms with E-state index in [-0.39, 0.29) is 30.5 Å². The second kappa shape index (κ2) is 22.2. The smallest absolute Gasteiger partial charge is 0.341 e. The Bertz CT molecular complexity index is 1120. The van der Waals surface area contributed by atoms with E-state index in [0.717, 1.165) is 80.4 Å². The van der Waals surface area contributed by atoms with Gasteiger partial charge in [-0.2, -0.15) is 0 Å². The average molecular weight is 679 g/mol. The van der Waals surface area contributed by atoms with Crippen molar-refractivity contribution in [3.63, 3.8) is 0 Å². The zero-order chi connectivity index (χ0) is 34.7. The molecular formula is C36H58N2O10. The minimum absolute atomic E-state index is 0.0842. The average Bonchev–Trinajstić information content (AvgIpc) is 3.06. The highest BCUT2D eigenvalue weighted by Gasteiger charge is 2.32. The van der Waals surface area contributed by atoms with Crippen LogP contribution in [0.3, 0.4) is 0 Å². The number of methoxy groups -OCH3 is 1. The van der Waals surface area contributed by atoms with Crippen LogP contribution in [0.15, 0.2) is 17.9 Å². The van der Waals surface area contributed by atoms with Crippen molar-refractivity contribution in [3.05, 3.63) is 40.1 Å². The van der Waals surface area contributed by atoms with Crippen molar-refractivity contribution in [1.82, 2.24) is 4.90 Å². The Kier molecular flexibility index (Phi) is 18.4. The number of ether oxygens (including phenoxy) is 7. The number of primary amides is 1. The molecule has 0 unspecified atom stereocenters. The third-order valence-corrected chi connectivity index (χ3v) is 8.84. The van der Waals surface area contributed by atoms with Crippen LogP contribution >= 0.6 is 0 Å². The molecule has 2 fully saturated rings. The summed E-state index contributed by atoms with van der Waals surface area (Å²) >= 11 is 0. The summed E-state index contributed by atoms with van der Waals surface area (Å²) in [6.07, 6.45) is 5.71. The van der Waals surface area contributed by atoms with Gasteiger partial charge in [0.25, 0.3) is 0 Å². The van der Waals surface area contributed by atoms with Gasteiger partial charge in [0, 0.05) is 25.6 Å². The number of carbonyl (C=O) groups is 2. The molecule has 0 bridgehead atoms. The highest BCUT2D eigenvalue weighted by atomic mass is 16.6. The summed E-state index contributed by atoms with van der Waals surface area (Å²) in [6.45, 7) is 13.1. The molecule has 1 amide bonds. The van der Waals surface area contributed by atoms with E-state index in [2.05, 4.69) is 4.90 Å².